The highest BCUT2D eigenvalue weighted by Crippen LogP contribution is 2.29. The van der Waals surface area contributed by atoms with Crippen molar-refractivity contribution in [1.29, 1.82) is 0 Å². The average molecular weight is 264 g/mol. The molecule has 3 N–H and O–H groups in total. The number of hydrogen-bond donors (Lipinski definition) is 2. The van der Waals surface area contributed by atoms with Crippen LogP contribution in [0.2, 0.25) is 0 Å². The van der Waals surface area contributed by atoms with Crippen molar-refractivity contribution in [1.82, 2.24) is 9.78 Å². The fourth-order valence-corrected chi connectivity index (χ4v) is 2.84. The Bertz CT molecular complexity index is 458. The molecule has 0 bridgehead atoms. The topological polar surface area (TPSA) is 72.9 Å². The molecular formula is C14H24N4O. The molecule has 2 rings (SSSR count). The van der Waals surface area contributed by atoms with Gasteiger partial charge in [0.05, 0.1) is 17.1 Å². The number of nitrogens with two attached hydrogens (primary N) is 1. The van der Waals surface area contributed by atoms with Crippen LogP contribution in [0.5, 0.6) is 0 Å². The summed E-state index contributed by atoms with van der Waals surface area (Å²) in [6.07, 6.45) is 4.04. The van der Waals surface area contributed by atoms with Gasteiger partial charge in [-0.1, -0.05) is 0 Å². The van der Waals surface area contributed by atoms with Crippen molar-refractivity contribution in [2.75, 3.05) is 11.9 Å². The summed E-state index contributed by atoms with van der Waals surface area (Å²) in [7, 11) is 1.89. The van der Waals surface area contributed by atoms with Crippen LogP contribution in [-0.2, 0) is 11.8 Å². The first-order chi connectivity index (χ1) is 9.02. The van der Waals surface area contributed by atoms with Crippen LogP contribution in [0, 0.1) is 25.7 Å². The zero-order valence-electron chi connectivity index (χ0n) is 12.1. The third kappa shape index (κ3) is 2.97. The maximum Gasteiger partial charge on any atom is 0.227 e. The van der Waals surface area contributed by atoms with E-state index in [0.717, 1.165) is 49.3 Å². The van der Waals surface area contributed by atoms with Gasteiger partial charge in [0.15, 0.2) is 0 Å². The first-order valence-electron chi connectivity index (χ1n) is 7.04. The second-order valence-corrected chi connectivity index (χ2v) is 5.61. The summed E-state index contributed by atoms with van der Waals surface area (Å²) in [4.78, 5) is 12.3. The minimum atomic E-state index is 0.127. The van der Waals surface area contributed by atoms with Crippen LogP contribution >= 0.6 is 0 Å². The van der Waals surface area contributed by atoms with E-state index < -0.39 is 0 Å². The molecule has 0 radical (unpaired) electrons. The summed E-state index contributed by atoms with van der Waals surface area (Å²) in [5.74, 6) is 0.863. The van der Waals surface area contributed by atoms with E-state index in [0.29, 0.717) is 5.92 Å². The number of amides is 1. The second-order valence-electron chi connectivity index (χ2n) is 5.61. The van der Waals surface area contributed by atoms with Crippen LogP contribution < -0.4 is 11.1 Å². The molecule has 1 aromatic rings. The average Bonchev–Trinajstić information content (AvgIpc) is 2.65. The van der Waals surface area contributed by atoms with Gasteiger partial charge in [-0.15, -0.1) is 0 Å². The van der Waals surface area contributed by atoms with E-state index in [2.05, 4.69) is 10.4 Å². The van der Waals surface area contributed by atoms with Crippen LogP contribution in [-0.4, -0.2) is 22.2 Å². The van der Waals surface area contributed by atoms with Gasteiger partial charge < -0.3 is 11.1 Å². The number of carbonyl (C=O) groups is 1. The molecule has 1 aromatic heterocycles. The van der Waals surface area contributed by atoms with Crippen LogP contribution in [0.3, 0.4) is 0 Å². The van der Waals surface area contributed by atoms with Gasteiger partial charge in [-0.3, -0.25) is 9.48 Å². The van der Waals surface area contributed by atoms with Gasteiger partial charge in [-0.05, 0) is 52.0 Å². The summed E-state index contributed by atoms with van der Waals surface area (Å²) >= 11 is 0. The molecule has 0 spiro atoms. The number of aryl methyl sites for hydroxylation is 2. The predicted octanol–water partition coefficient (Wildman–Crippen LogP) is 1.74. The van der Waals surface area contributed by atoms with Gasteiger partial charge in [0.25, 0.3) is 0 Å². The Morgan fingerprint density at radius 2 is 2.00 bits per heavy atom. The summed E-state index contributed by atoms with van der Waals surface area (Å²) in [6.45, 7) is 4.64. The van der Waals surface area contributed by atoms with E-state index in [-0.39, 0.29) is 11.8 Å². The molecule has 0 aliphatic heterocycles. The lowest BCUT2D eigenvalue weighted by Crippen LogP contribution is -2.29. The van der Waals surface area contributed by atoms with E-state index in [1.165, 1.54) is 0 Å². The third-order valence-corrected chi connectivity index (χ3v) is 4.31. The van der Waals surface area contributed by atoms with E-state index in [1.54, 1.807) is 4.68 Å². The fourth-order valence-electron chi connectivity index (χ4n) is 2.84. The van der Waals surface area contributed by atoms with Crippen molar-refractivity contribution < 1.29 is 4.79 Å². The van der Waals surface area contributed by atoms with Crippen molar-refractivity contribution in [2.45, 2.75) is 39.5 Å². The van der Waals surface area contributed by atoms with E-state index >= 15 is 0 Å². The first kappa shape index (κ1) is 14.1. The Morgan fingerprint density at radius 1 is 1.37 bits per heavy atom. The summed E-state index contributed by atoms with van der Waals surface area (Å²) in [6, 6.07) is 0. The lowest BCUT2D eigenvalue weighted by atomic mass is 9.81. The number of nitrogens with one attached hydrogen (secondary N) is 1. The SMILES string of the molecule is Cc1nn(C)c(C)c1NC(=O)C1CCC(CN)CC1. The molecule has 0 aromatic carbocycles. The van der Waals surface area contributed by atoms with Crippen LogP contribution in [0.25, 0.3) is 0 Å². The fraction of sp³-hybridized carbons (Fsp3) is 0.714. The van der Waals surface area contributed by atoms with Crippen molar-refractivity contribution in [3.63, 3.8) is 0 Å². The van der Waals surface area contributed by atoms with Gasteiger partial charge >= 0.3 is 0 Å². The minimum absolute atomic E-state index is 0.127. The normalized spacial score (nSPS) is 23.4. The molecule has 1 amide bonds. The van der Waals surface area contributed by atoms with Gasteiger partial charge in [-0.25, -0.2) is 0 Å². The molecule has 0 atom stereocenters. The Morgan fingerprint density at radius 3 is 2.47 bits per heavy atom. The highest BCUT2D eigenvalue weighted by atomic mass is 16.1. The number of carbonyl (C=O) groups excluding carboxylic acids is 1. The smallest absolute Gasteiger partial charge is 0.227 e. The van der Waals surface area contributed by atoms with Gasteiger partial charge in [0.1, 0.15) is 0 Å². The summed E-state index contributed by atoms with van der Waals surface area (Å²) in [5, 5.41) is 7.37. The van der Waals surface area contributed by atoms with Gasteiger partial charge in [0, 0.05) is 13.0 Å². The number of aromatic nitrogens is 2. The molecule has 1 saturated carbocycles. The van der Waals surface area contributed by atoms with E-state index in [4.69, 9.17) is 5.73 Å². The quantitative estimate of drug-likeness (QED) is 0.873. The van der Waals surface area contributed by atoms with E-state index in [1.807, 2.05) is 20.9 Å². The molecular weight excluding hydrogens is 240 g/mol. The Kier molecular flexibility index (Phi) is 4.24. The van der Waals surface area contributed by atoms with Crippen molar-refractivity contribution in [3.05, 3.63) is 11.4 Å². The van der Waals surface area contributed by atoms with Crippen LogP contribution in [0.15, 0.2) is 0 Å². The maximum absolute atomic E-state index is 12.3. The lowest BCUT2D eigenvalue weighted by Gasteiger charge is -2.26. The molecule has 5 heteroatoms. The van der Waals surface area contributed by atoms with Crippen LogP contribution in [0.4, 0.5) is 5.69 Å². The Labute approximate surface area is 114 Å². The number of rotatable bonds is 3. The lowest BCUT2D eigenvalue weighted by molar-refractivity contribution is -0.121. The monoisotopic (exact) mass is 264 g/mol. The molecule has 106 valence electrons. The van der Waals surface area contributed by atoms with Crippen molar-refractivity contribution in [3.8, 4) is 0 Å². The minimum Gasteiger partial charge on any atom is -0.330 e. The zero-order valence-corrected chi connectivity index (χ0v) is 12.1. The Balaban J connectivity index is 1.98. The van der Waals surface area contributed by atoms with E-state index in [9.17, 15) is 4.79 Å². The van der Waals surface area contributed by atoms with Crippen molar-refractivity contribution >= 4 is 11.6 Å². The molecule has 1 aliphatic carbocycles. The summed E-state index contributed by atoms with van der Waals surface area (Å²) < 4.78 is 1.80. The first-order valence-corrected chi connectivity index (χ1v) is 7.04. The van der Waals surface area contributed by atoms with Gasteiger partial charge in [-0.2, -0.15) is 5.10 Å². The molecule has 1 fully saturated rings. The zero-order chi connectivity index (χ0) is 14.0. The van der Waals surface area contributed by atoms with Crippen molar-refractivity contribution in [2.24, 2.45) is 24.6 Å². The maximum atomic E-state index is 12.3. The highest BCUT2D eigenvalue weighted by Gasteiger charge is 2.26. The molecule has 5 nitrogen and oxygen atoms in total. The molecule has 19 heavy (non-hydrogen) atoms. The van der Waals surface area contributed by atoms with Gasteiger partial charge in [0.2, 0.25) is 5.91 Å². The van der Waals surface area contributed by atoms with Crippen LogP contribution in [0.1, 0.15) is 37.1 Å². The second kappa shape index (κ2) is 5.74. The molecule has 1 aliphatic rings. The largest absolute Gasteiger partial charge is 0.330 e. The highest BCUT2D eigenvalue weighted by molar-refractivity contribution is 5.93. The third-order valence-electron chi connectivity index (χ3n) is 4.31. The molecule has 0 saturated heterocycles. The number of hydrogen-bond acceptors (Lipinski definition) is 3. The number of anilines is 1. The summed E-state index contributed by atoms with van der Waals surface area (Å²) in [5.41, 5.74) is 8.43. The molecule has 0 unspecified atom stereocenters. The standard InChI is InChI=1S/C14H24N4O/c1-9-13(10(2)18(3)17-9)16-14(19)12-6-4-11(8-15)5-7-12/h11-12H,4-8,15H2,1-3H3,(H,16,19). The predicted molar refractivity (Wildman–Crippen MR) is 75.8 cm³/mol. The Hall–Kier alpha value is -1.36. The molecule has 1 heterocycles. The number of nitrogens with zero attached hydrogens (tertiary/aromatic N) is 2.